The third-order valence-corrected chi connectivity index (χ3v) is 3.74. The molecule has 0 aromatic heterocycles. The topological polar surface area (TPSA) is 23.5 Å². The fraction of sp³-hybridized carbons (Fsp3) is 0.571. The Labute approximate surface area is 97.9 Å². The zero-order valence-corrected chi connectivity index (χ0v) is 10.2. The van der Waals surface area contributed by atoms with Crippen LogP contribution in [0.5, 0.6) is 0 Å². The highest BCUT2D eigenvalue weighted by molar-refractivity contribution is 5.56. The second-order valence-corrected chi connectivity index (χ2v) is 4.83. The van der Waals surface area contributed by atoms with Crippen molar-refractivity contribution in [3.05, 3.63) is 29.3 Å². The first-order valence-electron chi connectivity index (χ1n) is 6.14. The first kappa shape index (κ1) is 11.5. The van der Waals surface area contributed by atoms with Crippen molar-refractivity contribution in [3.63, 3.8) is 0 Å². The minimum Gasteiger partial charge on any atom is -0.396 e. The van der Waals surface area contributed by atoms with Crippen molar-refractivity contribution in [2.45, 2.75) is 26.7 Å². The Kier molecular flexibility index (Phi) is 3.49. The van der Waals surface area contributed by atoms with Crippen LogP contribution in [0.3, 0.4) is 0 Å². The van der Waals surface area contributed by atoms with Crippen LogP contribution in [0.1, 0.15) is 24.0 Å². The molecule has 0 radical (unpaired) electrons. The maximum Gasteiger partial charge on any atom is 0.0434 e. The predicted molar refractivity (Wildman–Crippen MR) is 67.9 cm³/mol. The van der Waals surface area contributed by atoms with E-state index in [2.05, 4.69) is 36.9 Å². The van der Waals surface area contributed by atoms with Gasteiger partial charge in [-0.15, -0.1) is 0 Å². The second kappa shape index (κ2) is 4.88. The second-order valence-electron chi connectivity index (χ2n) is 4.83. The molecule has 0 spiro atoms. The Balaban J connectivity index is 2.11. The molecule has 1 aromatic carbocycles. The molecule has 1 atom stereocenters. The van der Waals surface area contributed by atoms with Crippen LogP contribution in [-0.4, -0.2) is 24.8 Å². The van der Waals surface area contributed by atoms with Crippen LogP contribution < -0.4 is 4.90 Å². The van der Waals surface area contributed by atoms with E-state index in [0.717, 1.165) is 19.5 Å². The zero-order valence-electron chi connectivity index (χ0n) is 10.2. The summed E-state index contributed by atoms with van der Waals surface area (Å²) in [5.41, 5.74) is 4.13. The standard InChI is InChI=1S/C14H21NO/c1-11-4-3-5-14(12(11)2)15-8-6-13(10-15)7-9-16/h3-5,13,16H,6-10H2,1-2H3. The Morgan fingerprint density at radius 1 is 1.38 bits per heavy atom. The monoisotopic (exact) mass is 219 g/mol. The van der Waals surface area contributed by atoms with Crippen LogP contribution in [0.4, 0.5) is 5.69 Å². The van der Waals surface area contributed by atoms with E-state index in [1.165, 1.54) is 23.2 Å². The Bertz CT molecular complexity index is 362. The van der Waals surface area contributed by atoms with Gasteiger partial charge in [0.15, 0.2) is 0 Å². The molecule has 1 N–H and O–H groups in total. The number of nitrogens with zero attached hydrogens (tertiary/aromatic N) is 1. The van der Waals surface area contributed by atoms with E-state index in [1.807, 2.05) is 0 Å². The number of aliphatic hydroxyl groups is 1. The molecule has 1 fully saturated rings. The summed E-state index contributed by atoms with van der Waals surface area (Å²) in [4.78, 5) is 2.46. The average molecular weight is 219 g/mol. The zero-order chi connectivity index (χ0) is 11.5. The normalized spacial score (nSPS) is 20.4. The van der Waals surface area contributed by atoms with Crippen LogP contribution in [-0.2, 0) is 0 Å². The number of aryl methyl sites for hydroxylation is 1. The van der Waals surface area contributed by atoms with E-state index >= 15 is 0 Å². The lowest BCUT2D eigenvalue weighted by Crippen LogP contribution is -2.21. The van der Waals surface area contributed by atoms with Gasteiger partial charge in [-0.05, 0) is 49.8 Å². The number of hydrogen-bond acceptors (Lipinski definition) is 2. The van der Waals surface area contributed by atoms with E-state index in [0.29, 0.717) is 12.5 Å². The third kappa shape index (κ3) is 2.22. The van der Waals surface area contributed by atoms with Crippen molar-refractivity contribution >= 4 is 5.69 Å². The molecule has 0 aliphatic carbocycles. The quantitative estimate of drug-likeness (QED) is 0.844. The smallest absolute Gasteiger partial charge is 0.0434 e. The average Bonchev–Trinajstić information content (AvgIpc) is 2.71. The number of anilines is 1. The molecule has 2 heteroatoms. The van der Waals surface area contributed by atoms with E-state index < -0.39 is 0 Å². The lowest BCUT2D eigenvalue weighted by molar-refractivity contribution is 0.263. The molecule has 0 saturated carbocycles. The highest BCUT2D eigenvalue weighted by Gasteiger charge is 2.23. The fourth-order valence-corrected chi connectivity index (χ4v) is 2.55. The highest BCUT2D eigenvalue weighted by Crippen LogP contribution is 2.29. The molecule has 1 aliphatic rings. The summed E-state index contributed by atoms with van der Waals surface area (Å²) in [7, 11) is 0. The summed E-state index contributed by atoms with van der Waals surface area (Å²) in [6.45, 7) is 6.93. The van der Waals surface area contributed by atoms with Gasteiger partial charge in [-0.2, -0.15) is 0 Å². The van der Waals surface area contributed by atoms with Crippen LogP contribution >= 0.6 is 0 Å². The Morgan fingerprint density at radius 2 is 2.19 bits per heavy atom. The molecule has 1 unspecified atom stereocenters. The van der Waals surface area contributed by atoms with Gasteiger partial charge in [0.05, 0.1) is 0 Å². The van der Waals surface area contributed by atoms with Crippen LogP contribution in [0.2, 0.25) is 0 Å². The number of aliphatic hydroxyl groups excluding tert-OH is 1. The molecule has 1 saturated heterocycles. The highest BCUT2D eigenvalue weighted by atomic mass is 16.3. The Morgan fingerprint density at radius 3 is 2.94 bits per heavy atom. The molecule has 1 aromatic rings. The largest absolute Gasteiger partial charge is 0.396 e. The molecule has 2 nitrogen and oxygen atoms in total. The molecular weight excluding hydrogens is 198 g/mol. The summed E-state index contributed by atoms with van der Waals surface area (Å²) < 4.78 is 0. The van der Waals surface area contributed by atoms with Gasteiger partial charge < -0.3 is 10.0 Å². The van der Waals surface area contributed by atoms with Gasteiger partial charge in [0, 0.05) is 25.4 Å². The van der Waals surface area contributed by atoms with Gasteiger partial charge in [-0.25, -0.2) is 0 Å². The van der Waals surface area contributed by atoms with Crippen molar-refractivity contribution in [3.8, 4) is 0 Å². The number of rotatable bonds is 3. The van der Waals surface area contributed by atoms with E-state index in [9.17, 15) is 0 Å². The molecule has 88 valence electrons. The molecule has 1 heterocycles. The van der Waals surface area contributed by atoms with Crippen LogP contribution in [0.15, 0.2) is 18.2 Å². The van der Waals surface area contributed by atoms with Gasteiger partial charge in [-0.3, -0.25) is 0 Å². The maximum atomic E-state index is 8.96. The maximum absolute atomic E-state index is 8.96. The lowest BCUT2D eigenvalue weighted by atomic mass is 10.1. The molecular formula is C14H21NO. The van der Waals surface area contributed by atoms with E-state index in [4.69, 9.17) is 5.11 Å². The van der Waals surface area contributed by atoms with Crippen molar-refractivity contribution in [1.29, 1.82) is 0 Å². The summed E-state index contributed by atoms with van der Waals surface area (Å²) in [6.07, 6.45) is 2.16. The summed E-state index contributed by atoms with van der Waals surface area (Å²) >= 11 is 0. The van der Waals surface area contributed by atoms with Crippen LogP contribution in [0, 0.1) is 19.8 Å². The van der Waals surface area contributed by atoms with Crippen LogP contribution in [0.25, 0.3) is 0 Å². The fourth-order valence-electron chi connectivity index (χ4n) is 2.55. The van der Waals surface area contributed by atoms with Gasteiger partial charge in [0.1, 0.15) is 0 Å². The molecule has 0 amide bonds. The van der Waals surface area contributed by atoms with E-state index in [1.54, 1.807) is 0 Å². The molecule has 1 aliphatic heterocycles. The van der Waals surface area contributed by atoms with Gasteiger partial charge >= 0.3 is 0 Å². The molecule has 16 heavy (non-hydrogen) atoms. The SMILES string of the molecule is Cc1cccc(N2CCC(CCO)C2)c1C. The Hall–Kier alpha value is -1.02. The summed E-state index contributed by atoms with van der Waals surface area (Å²) in [6, 6.07) is 6.51. The first-order valence-corrected chi connectivity index (χ1v) is 6.14. The lowest BCUT2D eigenvalue weighted by Gasteiger charge is -2.22. The minimum absolute atomic E-state index is 0.325. The third-order valence-electron chi connectivity index (χ3n) is 3.74. The van der Waals surface area contributed by atoms with Gasteiger partial charge in [0.25, 0.3) is 0 Å². The van der Waals surface area contributed by atoms with Crippen molar-refractivity contribution in [2.75, 3.05) is 24.6 Å². The molecule has 2 rings (SSSR count). The number of hydrogen-bond donors (Lipinski definition) is 1. The predicted octanol–water partition coefficient (Wildman–Crippen LogP) is 2.51. The summed E-state index contributed by atoms with van der Waals surface area (Å²) in [5.74, 6) is 0.671. The van der Waals surface area contributed by atoms with Gasteiger partial charge in [0.2, 0.25) is 0 Å². The van der Waals surface area contributed by atoms with Crippen molar-refractivity contribution < 1.29 is 5.11 Å². The summed E-state index contributed by atoms with van der Waals surface area (Å²) in [5, 5.41) is 8.96. The molecule has 0 bridgehead atoms. The minimum atomic E-state index is 0.325. The van der Waals surface area contributed by atoms with Gasteiger partial charge in [-0.1, -0.05) is 12.1 Å². The van der Waals surface area contributed by atoms with E-state index in [-0.39, 0.29) is 0 Å². The van der Waals surface area contributed by atoms with Crippen molar-refractivity contribution in [2.24, 2.45) is 5.92 Å². The van der Waals surface area contributed by atoms with Crippen molar-refractivity contribution in [1.82, 2.24) is 0 Å². The number of benzene rings is 1. The first-order chi connectivity index (χ1) is 7.72.